The van der Waals surface area contributed by atoms with E-state index in [1.807, 2.05) is 62.1 Å². The molecule has 3 nitrogen and oxygen atoms in total. The maximum Gasteiger partial charge on any atom is 0.230 e. The minimum absolute atomic E-state index is 0.0885. The highest BCUT2D eigenvalue weighted by Crippen LogP contribution is 2.45. The Kier molecular flexibility index (Phi) is 5.35. The van der Waals surface area contributed by atoms with Gasteiger partial charge in [-0.2, -0.15) is 0 Å². The van der Waals surface area contributed by atoms with Crippen molar-refractivity contribution < 1.29 is 4.79 Å². The molecule has 1 amide bonds. The summed E-state index contributed by atoms with van der Waals surface area (Å²) < 4.78 is 0. The van der Waals surface area contributed by atoms with Gasteiger partial charge in [0.25, 0.3) is 0 Å². The summed E-state index contributed by atoms with van der Waals surface area (Å²) in [4.78, 5) is 13.6. The Balaban J connectivity index is 0.000000225. The highest BCUT2D eigenvalue weighted by atomic mass is 16.2. The summed E-state index contributed by atoms with van der Waals surface area (Å²) in [6.45, 7) is 7.53. The average Bonchev–Trinajstić information content (AvgIpc) is 3.03. The van der Waals surface area contributed by atoms with E-state index in [1.54, 1.807) is 0 Å². The molecule has 2 rings (SSSR count). The van der Waals surface area contributed by atoms with E-state index in [4.69, 9.17) is 5.73 Å². The first-order valence-electron chi connectivity index (χ1n) is 6.61. The van der Waals surface area contributed by atoms with E-state index >= 15 is 0 Å². The zero-order chi connectivity index (χ0) is 13.6. The quantitative estimate of drug-likeness (QED) is 0.892. The standard InChI is InChI=1S/C9H18N2O.C6H6/c1-4-11(5-2)8(12)9(3)6-7(9)10;1-2-4-6-5-3-1/h7H,4-6,10H2,1-3H3;1-6H. The smallest absolute Gasteiger partial charge is 0.230 e. The third-order valence-electron chi connectivity index (χ3n) is 3.51. The molecule has 0 bridgehead atoms. The second kappa shape index (κ2) is 6.55. The minimum Gasteiger partial charge on any atom is -0.343 e. The van der Waals surface area contributed by atoms with E-state index in [0.29, 0.717) is 0 Å². The maximum atomic E-state index is 11.7. The van der Waals surface area contributed by atoms with Crippen LogP contribution in [-0.4, -0.2) is 29.9 Å². The second-order valence-corrected chi connectivity index (χ2v) is 4.86. The summed E-state index contributed by atoms with van der Waals surface area (Å²) in [7, 11) is 0. The molecular weight excluding hydrogens is 224 g/mol. The SMILES string of the molecule is CCN(CC)C(=O)C1(C)CC1N.c1ccccc1. The van der Waals surface area contributed by atoms with E-state index < -0.39 is 0 Å². The monoisotopic (exact) mass is 248 g/mol. The van der Waals surface area contributed by atoms with Crippen molar-refractivity contribution in [3.05, 3.63) is 36.4 Å². The molecule has 100 valence electrons. The molecule has 0 spiro atoms. The first-order valence-corrected chi connectivity index (χ1v) is 6.61. The van der Waals surface area contributed by atoms with Crippen LogP contribution in [0.5, 0.6) is 0 Å². The Bertz CT molecular complexity index is 335. The largest absolute Gasteiger partial charge is 0.343 e. The number of carbonyl (C=O) groups excluding carboxylic acids is 1. The lowest BCUT2D eigenvalue weighted by Gasteiger charge is -2.22. The Morgan fingerprint density at radius 3 is 1.72 bits per heavy atom. The van der Waals surface area contributed by atoms with Crippen LogP contribution in [0, 0.1) is 5.41 Å². The van der Waals surface area contributed by atoms with Gasteiger partial charge in [-0.3, -0.25) is 4.79 Å². The summed E-state index contributed by atoms with van der Waals surface area (Å²) in [5, 5.41) is 0. The summed E-state index contributed by atoms with van der Waals surface area (Å²) in [6, 6.07) is 12.1. The Morgan fingerprint density at radius 2 is 1.50 bits per heavy atom. The van der Waals surface area contributed by atoms with E-state index in [9.17, 15) is 4.79 Å². The van der Waals surface area contributed by atoms with Crippen LogP contribution >= 0.6 is 0 Å². The lowest BCUT2D eigenvalue weighted by molar-refractivity contribution is -0.136. The van der Waals surface area contributed by atoms with Gasteiger partial charge < -0.3 is 10.6 Å². The zero-order valence-corrected chi connectivity index (χ0v) is 11.6. The minimum atomic E-state index is -0.244. The molecular formula is C15H24N2O. The highest BCUT2D eigenvalue weighted by molar-refractivity contribution is 5.86. The molecule has 2 unspecified atom stereocenters. The number of hydrogen-bond donors (Lipinski definition) is 1. The topological polar surface area (TPSA) is 46.3 Å². The van der Waals surface area contributed by atoms with Crippen LogP contribution in [0.2, 0.25) is 0 Å². The van der Waals surface area contributed by atoms with Crippen LogP contribution < -0.4 is 5.73 Å². The van der Waals surface area contributed by atoms with Crippen LogP contribution in [0.15, 0.2) is 36.4 Å². The van der Waals surface area contributed by atoms with E-state index in [-0.39, 0.29) is 17.4 Å². The number of rotatable bonds is 3. The van der Waals surface area contributed by atoms with Crippen LogP contribution in [-0.2, 0) is 4.79 Å². The lowest BCUT2D eigenvalue weighted by Crippen LogP contribution is -2.38. The van der Waals surface area contributed by atoms with Gasteiger partial charge in [-0.1, -0.05) is 36.4 Å². The predicted molar refractivity (Wildman–Crippen MR) is 75.1 cm³/mol. The molecule has 1 aromatic carbocycles. The molecule has 1 saturated carbocycles. The molecule has 0 aliphatic heterocycles. The van der Waals surface area contributed by atoms with Crippen molar-refractivity contribution in [2.75, 3.05) is 13.1 Å². The van der Waals surface area contributed by atoms with Gasteiger partial charge >= 0.3 is 0 Å². The number of nitrogens with zero attached hydrogens (tertiary/aromatic N) is 1. The fourth-order valence-electron chi connectivity index (χ4n) is 1.90. The molecule has 0 saturated heterocycles. The maximum absolute atomic E-state index is 11.7. The molecule has 0 heterocycles. The van der Waals surface area contributed by atoms with E-state index in [2.05, 4.69) is 0 Å². The highest BCUT2D eigenvalue weighted by Gasteiger charge is 2.54. The van der Waals surface area contributed by atoms with Gasteiger partial charge in [0.15, 0.2) is 0 Å². The van der Waals surface area contributed by atoms with E-state index in [0.717, 1.165) is 19.5 Å². The van der Waals surface area contributed by atoms with Crippen molar-refractivity contribution in [1.82, 2.24) is 4.90 Å². The number of benzene rings is 1. The van der Waals surface area contributed by atoms with E-state index in [1.165, 1.54) is 0 Å². The molecule has 2 atom stereocenters. The molecule has 0 aromatic heterocycles. The van der Waals surface area contributed by atoms with Gasteiger partial charge in [0.05, 0.1) is 5.41 Å². The molecule has 1 aliphatic rings. The fourth-order valence-corrected chi connectivity index (χ4v) is 1.90. The van der Waals surface area contributed by atoms with Crippen LogP contribution in [0.4, 0.5) is 0 Å². The predicted octanol–water partition coefficient (Wildman–Crippen LogP) is 2.28. The van der Waals surface area contributed by atoms with Crippen LogP contribution in [0.25, 0.3) is 0 Å². The summed E-state index contributed by atoms with van der Waals surface area (Å²) >= 11 is 0. The summed E-state index contributed by atoms with van der Waals surface area (Å²) in [6.07, 6.45) is 0.850. The first kappa shape index (κ1) is 14.7. The zero-order valence-electron chi connectivity index (χ0n) is 11.6. The third kappa shape index (κ3) is 3.57. The summed E-state index contributed by atoms with van der Waals surface area (Å²) in [5.74, 6) is 0.222. The van der Waals surface area contributed by atoms with Gasteiger partial charge in [-0.25, -0.2) is 0 Å². The molecule has 1 aromatic rings. The van der Waals surface area contributed by atoms with Gasteiger partial charge in [-0.05, 0) is 27.2 Å². The Morgan fingerprint density at radius 1 is 1.17 bits per heavy atom. The molecule has 0 radical (unpaired) electrons. The second-order valence-electron chi connectivity index (χ2n) is 4.86. The van der Waals surface area contributed by atoms with Gasteiger partial charge in [0, 0.05) is 19.1 Å². The number of carbonyl (C=O) groups is 1. The van der Waals surface area contributed by atoms with Crippen LogP contribution in [0.3, 0.4) is 0 Å². The Hall–Kier alpha value is -1.35. The van der Waals surface area contributed by atoms with Crippen molar-refractivity contribution in [3.63, 3.8) is 0 Å². The van der Waals surface area contributed by atoms with Gasteiger partial charge in [0.2, 0.25) is 5.91 Å². The normalized spacial score (nSPS) is 24.8. The summed E-state index contributed by atoms with van der Waals surface area (Å²) in [5.41, 5.74) is 5.46. The molecule has 18 heavy (non-hydrogen) atoms. The molecule has 2 N–H and O–H groups in total. The number of hydrogen-bond acceptors (Lipinski definition) is 2. The first-order chi connectivity index (χ1) is 8.56. The van der Waals surface area contributed by atoms with Crippen molar-refractivity contribution in [2.24, 2.45) is 11.1 Å². The fraction of sp³-hybridized carbons (Fsp3) is 0.533. The average molecular weight is 248 g/mol. The molecule has 1 aliphatic carbocycles. The molecule has 3 heteroatoms. The van der Waals surface area contributed by atoms with Gasteiger partial charge in [0.1, 0.15) is 0 Å². The number of amides is 1. The van der Waals surface area contributed by atoms with Crippen molar-refractivity contribution in [2.45, 2.75) is 33.2 Å². The lowest BCUT2D eigenvalue weighted by atomic mass is 10.1. The van der Waals surface area contributed by atoms with Gasteiger partial charge in [-0.15, -0.1) is 0 Å². The third-order valence-corrected chi connectivity index (χ3v) is 3.51. The van der Waals surface area contributed by atoms with Crippen molar-refractivity contribution >= 4 is 5.91 Å². The van der Waals surface area contributed by atoms with Crippen molar-refractivity contribution in [3.8, 4) is 0 Å². The molecule has 1 fully saturated rings. The Labute approximate surface area is 110 Å². The van der Waals surface area contributed by atoms with Crippen LogP contribution in [0.1, 0.15) is 27.2 Å². The van der Waals surface area contributed by atoms with Crippen molar-refractivity contribution in [1.29, 1.82) is 0 Å². The number of nitrogens with two attached hydrogens (primary N) is 1.